The highest BCUT2D eigenvalue weighted by atomic mass is 32.2. The molecule has 169 valence electrons. The van der Waals surface area contributed by atoms with Crippen molar-refractivity contribution in [2.45, 2.75) is 9.79 Å². The van der Waals surface area contributed by atoms with Crippen molar-refractivity contribution in [1.29, 1.82) is 0 Å². The van der Waals surface area contributed by atoms with Gasteiger partial charge in [-0.15, -0.1) is 0 Å². The number of benzene rings is 3. The lowest BCUT2D eigenvalue weighted by atomic mass is 10.1. The van der Waals surface area contributed by atoms with Crippen molar-refractivity contribution in [3.8, 4) is 0 Å². The van der Waals surface area contributed by atoms with Crippen LogP contribution >= 0.6 is 0 Å². The standard InChI is InChI=1S/C19H13FN5O6S2/c20-17-23-18(21-12-6-3-7-13(10-12)32(26,27)28)25-19(24-17)22-14-8-1-4-11-5-2-9-15(16(11)14)33(29,30)31/h1-3,5-10H,(H,26,27,28)(H,29,30,31)(H2,21,22,23,24,25). The van der Waals surface area contributed by atoms with Crippen LogP contribution in [0.2, 0.25) is 0 Å². The van der Waals surface area contributed by atoms with Crippen molar-refractivity contribution in [2.75, 3.05) is 10.6 Å². The summed E-state index contributed by atoms with van der Waals surface area (Å²) in [5.74, 6) is -0.618. The van der Waals surface area contributed by atoms with E-state index in [1.165, 1.54) is 36.4 Å². The van der Waals surface area contributed by atoms with Gasteiger partial charge in [-0.25, -0.2) is 0 Å². The van der Waals surface area contributed by atoms with Crippen LogP contribution in [0.4, 0.5) is 27.7 Å². The topological polar surface area (TPSA) is 171 Å². The average molecular weight is 490 g/mol. The molecule has 4 rings (SSSR count). The highest BCUT2D eigenvalue weighted by Crippen LogP contribution is 2.31. The fourth-order valence-corrected chi connectivity index (χ4v) is 4.25. The molecule has 0 amide bonds. The molecule has 4 aromatic rings. The second kappa shape index (κ2) is 8.32. The smallest absolute Gasteiger partial charge is 0.315 e. The minimum absolute atomic E-state index is 0.0821. The van der Waals surface area contributed by atoms with E-state index in [-0.39, 0.29) is 28.7 Å². The molecular formula is C19H13FN5O6S2. The second-order valence-corrected chi connectivity index (χ2v) is 9.36. The zero-order valence-electron chi connectivity index (χ0n) is 16.3. The van der Waals surface area contributed by atoms with Crippen LogP contribution in [-0.2, 0) is 20.2 Å². The average Bonchev–Trinajstić information content (AvgIpc) is 2.72. The number of hydrogen-bond acceptors (Lipinski definition) is 9. The fraction of sp³-hybridized carbons (Fsp3) is 0. The van der Waals surface area contributed by atoms with E-state index < -0.39 is 36.1 Å². The summed E-state index contributed by atoms with van der Waals surface area (Å²) < 4.78 is 79.0. The maximum atomic E-state index is 14.1. The highest BCUT2D eigenvalue weighted by Gasteiger charge is 2.18. The predicted molar refractivity (Wildman–Crippen MR) is 115 cm³/mol. The Morgan fingerprint density at radius 2 is 1.55 bits per heavy atom. The molecule has 33 heavy (non-hydrogen) atoms. The summed E-state index contributed by atoms with van der Waals surface area (Å²) in [6.45, 7) is 0. The third-order valence-electron chi connectivity index (χ3n) is 4.30. The lowest BCUT2D eigenvalue weighted by Crippen LogP contribution is -2.07. The Morgan fingerprint density at radius 3 is 2.24 bits per heavy atom. The van der Waals surface area contributed by atoms with Crippen LogP contribution in [0.15, 0.2) is 64.4 Å². The fourth-order valence-electron chi connectivity index (χ4n) is 2.99. The lowest BCUT2D eigenvalue weighted by Gasteiger charge is -2.12. The van der Waals surface area contributed by atoms with Gasteiger partial charge in [-0.1, -0.05) is 24.3 Å². The van der Waals surface area contributed by atoms with Gasteiger partial charge in [-0.3, -0.25) is 9.11 Å². The van der Waals surface area contributed by atoms with Gasteiger partial charge in [0.2, 0.25) is 11.9 Å². The van der Waals surface area contributed by atoms with Crippen LogP contribution in [0.25, 0.3) is 10.8 Å². The molecule has 0 aliphatic rings. The van der Waals surface area contributed by atoms with E-state index in [0.717, 1.165) is 12.1 Å². The highest BCUT2D eigenvalue weighted by molar-refractivity contribution is 7.86. The van der Waals surface area contributed by atoms with Gasteiger partial charge >= 0.3 is 6.08 Å². The van der Waals surface area contributed by atoms with Crippen molar-refractivity contribution in [1.82, 2.24) is 15.0 Å². The van der Waals surface area contributed by atoms with E-state index in [1.807, 2.05) is 0 Å². The predicted octanol–water partition coefficient (Wildman–Crippen LogP) is 2.94. The number of nitrogens with one attached hydrogen (secondary N) is 2. The van der Waals surface area contributed by atoms with Crippen LogP contribution in [0.3, 0.4) is 0 Å². The molecule has 0 saturated carbocycles. The van der Waals surface area contributed by atoms with Crippen LogP contribution in [-0.4, -0.2) is 40.9 Å². The van der Waals surface area contributed by atoms with Crippen LogP contribution in [0.1, 0.15) is 0 Å². The monoisotopic (exact) mass is 490 g/mol. The molecule has 11 nitrogen and oxygen atoms in total. The number of aromatic nitrogens is 3. The molecule has 0 aliphatic heterocycles. The molecule has 4 N–H and O–H groups in total. The first-order chi connectivity index (χ1) is 15.5. The van der Waals surface area contributed by atoms with Gasteiger partial charge in [0.25, 0.3) is 20.2 Å². The summed E-state index contributed by atoms with van der Waals surface area (Å²) >= 11 is 0. The number of halogens is 1. The molecule has 0 spiro atoms. The number of nitrogens with zero attached hydrogens (tertiary/aromatic N) is 3. The third-order valence-corrected chi connectivity index (χ3v) is 6.05. The SMILES string of the molecule is O=S(=O)(O)c1cccc(Nc2nc(F)nc(Nc3cc[c]c4cccc(S(=O)(=O)O)c34)n2)c1. The molecule has 3 aromatic carbocycles. The van der Waals surface area contributed by atoms with E-state index in [9.17, 15) is 25.8 Å². The summed E-state index contributed by atoms with van der Waals surface area (Å²) in [7, 11) is -9.05. The van der Waals surface area contributed by atoms with Gasteiger partial charge in [0.05, 0.1) is 10.6 Å². The number of fused-ring (bicyclic) bond motifs is 1. The van der Waals surface area contributed by atoms with E-state index in [1.54, 1.807) is 6.07 Å². The Hall–Kier alpha value is -3.72. The molecule has 1 aromatic heterocycles. The quantitative estimate of drug-likeness (QED) is 0.293. The van der Waals surface area contributed by atoms with Gasteiger partial charge in [-0.2, -0.15) is 36.2 Å². The van der Waals surface area contributed by atoms with E-state index in [4.69, 9.17) is 4.55 Å². The first kappa shape index (κ1) is 22.5. The Labute approximate surface area is 186 Å². The molecule has 1 heterocycles. The van der Waals surface area contributed by atoms with Crippen molar-refractivity contribution >= 4 is 54.3 Å². The van der Waals surface area contributed by atoms with Gasteiger partial charge in [-0.05, 0) is 41.8 Å². The van der Waals surface area contributed by atoms with Crippen molar-refractivity contribution in [2.24, 2.45) is 0 Å². The zero-order chi connectivity index (χ0) is 23.8. The van der Waals surface area contributed by atoms with E-state index in [0.29, 0.717) is 5.39 Å². The molecule has 0 unspecified atom stereocenters. The second-order valence-electron chi connectivity index (χ2n) is 6.55. The maximum Gasteiger partial charge on any atom is 0.315 e. The number of anilines is 4. The third kappa shape index (κ3) is 5.04. The first-order valence-electron chi connectivity index (χ1n) is 8.95. The lowest BCUT2D eigenvalue weighted by molar-refractivity contribution is 0.481. The van der Waals surface area contributed by atoms with Crippen molar-refractivity contribution in [3.63, 3.8) is 0 Å². The Bertz CT molecular complexity index is 1590. The molecule has 1 radical (unpaired) electrons. The van der Waals surface area contributed by atoms with Crippen LogP contribution in [0, 0.1) is 12.1 Å². The normalized spacial score (nSPS) is 12.0. The largest absolute Gasteiger partial charge is 0.324 e. The minimum atomic E-state index is -4.59. The molecule has 0 bridgehead atoms. The molecule has 0 atom stereocenters. The Kier molecular flexibility index (Phi) is 5.67. The van der Waals surface area contributed by atoms with Crippen molar-refractivity contribution in [3.05, 3.63) is 66.7 Å². The summed E-state index contributed by atoms with van der Waals surface area (Å²) in [6.07, 6.45) is -1.19. The van der Waals surface area contributed by atoms with E-state index >= 15 is 0 Å². The molecule has 0 saturated heterocycles. The van der Waals surface area contributed by atoms with Gasteiger partial charge < -0.3 is 10.6 Å². The van der Waals surface area contributed by atoms with E-state index in [2.05, 4.69) is 31.7 Å². The minimum Gasteiger partial charge on any atom is -0.324 e. The summed E-state index contributed by atoms with van der Waals surface area (Å²) in [6, 6.07) is 15.0. The summed E-state index contributed by atoms with van der Waals surface area (Å²) in [5, 5.41) is 5.72. The number of rotatable bonds is 6. The van der Waals surface area contributed by atoms with Gasteiger partial charge in [0.15, 0.2) is 0 Å². The first-order valence-corrected chi connectivity index (χ1v) is 11.8. The zero-order valence-corrected chi connectivity index (χ0v) is 17.9. The van der Waals surface area contributed by atoms with Crippen LogP contribution < -0.4 is 10.6 Å². The molecule has 0 fully saturated rings. The summed E-state index contributed by atoms with van der Waals surface area (Å²) in [4.78, 5) is 10.2. The Balaban J connectivity index is 1.73. The molecular weight excluding hydrogens is 477 g/mol. The molecule has 14 heteroatoms. The Morgan fingerprint density at radius 1 is 0.848 bits per heavy atom. The van der Waals surface area contributed by atoms with Crippen molar-refractivity contribution < 1.29 is 30.3 Å². The summed E-state index contributed by atoms with van der Waals surface area (Å²) in [5.41, 5.74) is 0.275. The van der Waals surface area contributed by atoms with Crippen LogP contribution in [0.5, 0.6) is 0 Å². The van der Waals surface area contributed by atoms with Gasteiger partial charge in [0, 0.05) is 11.1 Å². The van der Waals surface area contributed by atoms with Gasteiger partial charge in [0.1, 0.15) is 4.90 Å². The number of hydrogen-bond donors (Lipinski definition) is 4. The maximum absolute atomic E-state index is 14.1. The molecule has 0 aliphatic carbocycles.